The summed E-state index contributed by atoms with van der Waals surface area (Å²) in [6.07, 6.45) is 9.59. The van der Waals surface area contributed by atoms with Gasteiger partial charge in [-0.1, -0.05) is 6.42 Å². The van der Waals surface area contributed by atoms with Crippen molar-refractivity contribution in [3.63, 3.8) is 0 Å². The predicted molar refractivity (Wildman–Crippen MR) is 114 cm³/mol. The fourth-order valence-corrected chi connectivity index (χ4v) is 6.28. The van der Waals surface area contributed by atoms with Crippen LogP contribution in [0.1, 0.15) is 48.3 Å². The summed E-state index contributed by atoms with van der Waals surface area (Å²) < 4.78 is 8.71. The summed E-state index contributed by atoms with van der Waals surface area (Å²) in [5, 5.41) is 0.787. The molecule has 0 saturated carbocycles. The number of aryl methyl sites for hydroxylation is 2. The number of furan rings is 1. The molecule has 1 fully saturated rings. The van der Waals surface area contributed by atoms with Crippen LogP contribution in [-0.2, 0) is 25.9 Å². The third-order valence-corrected chi connectivity index (χ3v) is 7.78. The molecule has 0 spiro atoms. The van der Waals surface area contributed by atoms with E-state index in [1.807, 2.05) is 10.6 Å². The molecule has 2 aliphatic rings. The summed E-state index contributed by atoms with van der Waals surface area (Å²) in [7, 11) is 0. The number of thiophene rings is 1. The van der Waals surface area contributed by atoms with E-state index >= 15 is 0 Å². The molecule has 154 valence electrons. The number of nitrogens with one attached hydrogen (secondary N) is 1. The van der Waals surface area contributed by atoms with Gasteiger partial charge in [-0.15, -0.1) is 11.3 Å². The smallest absolute Gasteiger partial charge is 0.332 e. The van der Waals surface area contributed by atoms with Crippen molar-refractivity contribution >= 4 is 21.6 Å². The number of nitrogens with zero attached hydrogens (tertiary/aromatic N) is 2. The van der Waals surface area contributed by atoms with E-state index in [1.165, 1.54) is 53.8 Å². The van der Waals surface area contributed by atoms with Crippen molar-refractivity contribution in [2.24, 2.45) is 0 Å². The van der Waals surface area contributed by atoms with Crippen LogP contribution in [0.15, 0.2) is 32.4 Å². The molecule has 1 N–H and O–H groups in total. The number of hydrogen-bond acceptors (Lipinski definition) is 4. The van der Waals surface area contributed by atoms with E-state index in [2.05, 4.69) is 0 Å². The van der Waals surface area contributed by atoms with Crippen LogP contribution in [-0.4, -0.2) is 28.8 Å². The van der Waals surface area contributed by atoms with Crippen molar-refractivity contribution in [1.29, 1.82) is 0 Å². The first-order chi connectivity index (χ1) is 14.2. The molecule has 1 aliphatic carbocycles. The van der Waals surface area contributed by atoms with E-state index in [4.69, 9.17) is 4.42 Å². The minimum Gasteiger partial charge on any atom is -0.467 e. The van der Waals surface area contributed by atoms with Crippen molar-refractivity contribution in [3.05, 3.63) is 55.4 Å². The molecule has 7 heteroatoms. The Kier molecular flexibility index (Phi) is 5.18. The van der Waals surface area contributed by atoms with Crippen LogP contribution in [0.2, 0.25) is 0 Å². The summed E-state index contributed by atoms with van der Waals surface area (Å²) in [6.45, 7) is 4.18. The number of likely N-dealkylation sites (tertiary alicyclic amines) is 1. The van der Waals surface area contributed by atoms with Gasteiger partial charge in [-0.05, 0) is 43.4 Å². The highest BCUT2D eigenvalue weighted by atomic mass is 32.1. The third-order valence-electron chi connectivity index (χ3n) is 6.46. The lowest BCUT2D eigenvalue weighted by Crippen LogP contribution is -3.10. The Hall–Kier alpha value is -2.12. The van der Waals surface area contributed by atoms with Crippen molar-refractivity contribution in [3.8, 4) is 0 Å². The molecule has 3 aromatic rings. The van der Waals surface area contributed by atoms with E-state index in [1.54, 1.807) is 28.6 Å². The van der Waals surface area contributed by atoms with Gasteiger partial charge in [0.15, 0.2) is 0 Å². The fourth-order valence-electron chi connectivity index (χ4n) is 4.88. The number of quaternary nitrogens is 1. The maximum absolute atomic E-state index is 13.4. The normalized spacial score (nSPS) is 17.7. The van der Waals surface area contributed by atoms with Gasteiger partial charge in [0.05, 0.1) is 44.4 Å². The summed E-state index contributed by atoms with van der Waals surface area (Å²) in [6, 6.07) is 3.62. The Bertz CT molecular complexity index is 1120. The van der Waals surface area contributed by atoms with Crippen molar-refractivity contribution in [2.45, 2.75) is 58.0 Å². The quantitative estimate of drug-likeness (QED) is 0.648. The summed E-state index contributed by atoms with van der Waals surface area (Å²) in [4.78, 5) is 30.6. The molecule has 0 radical (unpaired) electrons. The lowest BCUT2D eigenvalue weighted by atomic mass is 10.1. The first-order valence-corrected chi connectivity index (χ1v) is 11.7. The van der Waals surface area contributed by atoms with Crippen LogP contribution in [0.25, 0.3) is 10.2 Å². The van der Waals surface area contributed by atoms with Gasteiger partial charge >= 0.3 is 5.69 Å². The van der Waals surface area contributed by atoms with Gasteiger partial charge in [-0.2, -0.15) is 0 Å². The maximum Gasteiger partial charge on any atom is 0.332 e. The topological polar surface area (TPSA) is 61.6 Å². The maximum atomic E-state index is 13.4. The molecule has 3 aromatic heterocycles. The highest BCUT2D eigenvalue weighted by Crippen LogP contribution is 2.33. The van der Waals surface area contributed by atoms with Gasteiger partial charge in [-0.25, -0.2) is 4.79 Å². The van der Waals surface area contributed by atoms with Crippen LogP contribution in [0.4, 0.5) is 0 Å². The monoisotopic (exact) mass is 414 g/mol. The third kappa shape index (κ3) is 3.51. The second-order valence-corrected chi connectivity index (χ2v) is 9.44. The van der Waals surface area contributed by atoms with E-state index < -0.39 is 0 Å². The second kappa shape index (κ2) is 7.95. The van der Waals surface area contributed by atoms with E-state index in [9.17, 15) is 9.59 Å². The zero-order valence-corrected chi connectivity index (χ0v) is 17.6. The number of rotatable bonds is 5. The van der Waals surface area contributed by atoms with Gasteiger partial charge in [0.2, 0.25) is 0 Å². The Balaban J connectivity index is 1.65. The Morgan fingerprint density at radius 2 is 1.86 bits per heavy atom. The van der Waals surface area contributed by atoms with Crippen LogP contribution in [0.5, 0.6) is 0 Å². The number of fused-ring (bicyclic) bond motifs is 3. The predicted octanol–water partition coefficient (Wildman–Crippen LogP) is 1.81. The van der Waals surface area contributed by atoms with Crippen molar-refractivity contribution < 1.29 is 9.32 Å². The average molecular weight is 415 g/mol. The highest BCUT2D eigenvalue weighted by Gasteiger charge is 2.24. The van der Waals surface area contributed by atoms with Crippen LogP contribution in [0.3, 0.4) is 0 Å². The van der Waals surface area contributed by atoms with Gasteiger partial charge in [0, 0.05) is 17.7 Å². The van der Waals surface area contributed by atoms with E-state index in [0.717, 1.165) is 36.0 Å². The largest absolute Gasteiger partial charge is 0.467 e. The minimum atomic E-state index is -0.200. The molecule has 5 rings (SSSR count). The first kappa shape index (κ1) is 18.9. The zero-order chi connectivity index (χ0) is 19.8. The molecule has 29 heavy (non-hydrogen) atoms. The summed E-state index contributed by atoms with van der Waals surface area (Å²) in [5.41, 5.74) is 0.849. The van der Waals surface area contributed by atoms with Crippen molar-refractivity contribution in [1.82, 2.24) is 9.13 Å². The van der Waals surface area contributed by atoms with Crippen molar-refractivity contribution in [2.75, 3.05) is 19.6 Å². The van der Waals surface area contributed by atoms with Gasteiger partial charge in [0.25, 0.3) is 5.56 Å². The van der Waals surface area contributed by atoms with Crippen LogP contribution >= 0.6 is 11.3 Å². The lowest BCUT2D eigenvalue weighted by molar-refractivity contribution is -0.888. The molecule has 4 heterocycles. The molecule has 1 saturated heterocycles. The molecule has 0 aromatic carbocycles. The minimum absolute atomic E-state index is 0.148. The molecule has 0 atom stereocenters. The van der Waals surface area contributed by atoms with Gasteiger partial charge in [-0.3, -0.25) is 13.9 Å². The van der Waals surface area contributed by atoms with E-state index in [-0.39, 0.29) is 17.8 Å². The Morgan fingerprint density at radius 1 is 1.03 bits per heavy atom. The zero-order valence-electron chi connectivity index (χ0n) is 16.7. The van der Waals surface area contributed by atoms with Gasteiger partial charge in [0.1, 0.15) is 10.6 Å². The standard InChI is InChI=1S/C22H27N3O3S/c26-20-19-17-8-2-1-3-9-18(17)29-21(19)24(13-12-23-10-4-5-11-23)22(27)25(20)15-16-7-6-14-28-16/h6-7,14H,1-5,8-13,15H2/p+1. The summed E-state index contributed by atoms with van der Waals surface area (Å²) in [5.74, 6) is 0.640. The van der Waals surface area contributed by atoms with E-state index in [0.29, 0.717) is 12.3 Å². The second-order valence-electron chi connectivity index (χ2n) is 8.36. The molecule has 0 bridgehead atoms. The van der Waals surface area contributed by atoms with Crippen LogP contribution in [0, 0.1) is 0 Å². The molecular formula is C22H28N3O3S+. The molecule has 0 amide bonds. The Morgan fingerprint density at radius 3 is 2.66 bits per heavy atom. The highest BCUT2D eigenvalue weighted by molar-refractivity contribution is 7.18. The molecular weight excluding hydrogens is 386 g/mol. The number of hydrogen-bond donors (Lipinski definition) is 1. The fraction of sp³-hybridized carbons (Fsp3) is 0.545. The van der Waals surface area contributed by atoms with Crippen LogP contribution < -0.4 is 16.1 Å². The first-order valence-electron chi connectivity index (χ1n) is 10.9. The SMILES string of the molecule is O=c1c2c3c(sc2n(CC[NH+]2CCCC2)c(=O)n1Cc1ccco1)CCCCC3. The molecule has 1 aliphatic heterocycles. The lowest BCUT2D eigenvalue weighted by Gasteiger charge is -2.15. The number of aromatic nitrogens is 2. The molecule has 6 nitrogen and oxygen atoms in total. The Labute approximate surface area is 173 Å². The summed E-state index contributed by atoms with van der Waals surface area (Å²) >= 11 is 1.68. The van der Waals surface area contributed by atoms with Gasteiger partial charge < -0.3 is 9.32 Å². The average Bonchev–Trinajstić information content (AvgIpc) is 3.45. The molecule has 0 unspecified atom stereocenters.